The highest BCUT2D eigenvalue weighted by Gasteiger charge is 2.04. The molecule has 0 radical (unpaired) electrons. The van der Waals surface area contributed by atoms with Gasteiger partial charge >= 0.3 is 0 Å². The second-order valence-corrected chi connectivity index (χ2v) is 5.67. The molecular formula is C16H13FOS. The van der Waals surface area contributed by atoms with Crippen LogP contribution in [0.1, 0.15) is 10.4 Å². The summed E-state index contributed by atoms with van der Waals surface area (Å²) in [5, 5.41) is 1.06. The number of benzene rings is 2. The number of ether oxygens (including phenoxy) is 1. The monoisotopic (exact) mass is 272 g/mol. The minimum absolute atomic E-state index is 0.194. The van der Waals surface area contributed by atoms with Crippen LogP contribution in [-0.4, -0.2) is 0 Å². The van der Waals surface area contributed by atoms with Crippen molar-refractivity contribution in [1.29, 1.82) is 0 Å². The van der Waals surface area contributed by atoms with Crippen molar-refractivity contribution < 1.29 is 9.13 Å². The lowest BCUT2D eigenvalue weighted by atomic mass is 10.2. The number of rotatable bonds is 3. The van der Waals surface area contributed by atoms with E-state index < -0.39 is 0 Å². The zero-order valence-electron chi connectivity index (χ0n) is 10.5. The van der Waals surface area contributed by atoms with Gasteiger partial charge in [-0.15, -0.1) is 11.3 Å². The lowest BCUT2D eigenvalue weighted by Gasteiger charge is -2.04. The van der Waals surface area contributed by atoms with Crippen molar-refractivity contribution in [3.8, 4) is 5.75 Å². The van der Waals surface area contributed by atoms with Crippen LogP contribution in [0.4, 0.5) is 4.39 Å². The highest BCUT2D eigenvalue weighted by molar-refractivity contribution is 7.19. The third-order valence-electron chi connectivity index (χ3n) is 2.90. The Balaban J connectivity index is 1.78. The number of fused-ring (bicyclic) bond motifs is 1. The molecule has 1 aromatic heterocycles. The molecule has 0 saturated heterocycles. The first-order chi connectivity index (χ1) is 9.20. The fraction of sp³-hybridized carbons (Fsp3) is 0.125. The molecule has 0 fully saturated rings. The predicted molar refractivity (Wildman–Crippen MR) is 77.3 cm³/mol. The van der Waals surface area contributed by atoms with Crippen LogP contribution in [0.25, 0.3) is 10.1 Å². The normalized spacial score (nSPS) is 10.8. The second kappa shape index (κ2) is 5.02. The number of hydrogen-bond acceptors (Lipinski definition) is 2. The molecule has 0 spiro atoms. The van der Waals surface area contributed by atoms with Crippen LogP contribution in [0.3, 0.4) is 0 Å². The van der Waals surface area contributed by atoms with Gasteiger partial charge in [-0.05, 0) is 48.2 Å². The molecule has 0 amide bonds. The Kier molecular flexibility index (Phi) is 3.22. The van der Waals surface area contributed by atoms with Crippen LogP contribution in [0, 0.1) is 12.7 Å². The molecule has 19 heavy (non-hydrogen) atoms. The molecule has 0 bridgehead atoms. The van der Waals surface area contributed by atoms with Crippen LogP contribution < -0.4 is 4.74 Å². The second-order valence-electron chi connectivity index (χ2n) is 4.50. The van der Waals surface area contributed by atoms with Gasteiger partial charge in [0.05, 0.1) is 0 Å². The molecule has 3 heteroatoms. The van der Waals surface area contributed by atoms with Crippen LogP contribution in [0.15, 0.2) is 48.5 Å². The van der Waals surface area contributed by atoms with Crippen molar-refractivity contribution in [3.63, 3.8) is 0 Å². The predicted octanol–water partition coefficient (Wildman–Crippen LogP) is 4.93. The van der Waals surface area contributed by atoms with Crippen LogP contribution >= 0.6 is 11.3 Å². The van der Waals surface area contributed by atoms with Crippen LogP contribution in [0.5, 0.6) is 5.75 Å². The number of aryl methyl sites for hydroxylation is 1. The van der Waals surface area contributed by atoms with E-state index in [1.165, 1.54) is 11.6 Å². The molecule has 0 atom stereocenters. The summed E-state index contributed by atoms with van der Waals surface area (Å²) in [5.41, 5.74) is 1.18. The quantitative estimate of drug-likeness (QED) is 0.657. The summed E-state index contributed by atoms with van der Waals surface area (Å²) in [4.78, 5) is 1.10. The van der Waals surface area contributed by atoms with Gasteiger partial charge in [0, 0.05) is 9.58 Å². The molecule has 0 aliphatic heterocycles. The Morgan fingerprint density at radius 1 is 1.11 bits per heavy atom. The van der Waals surface area contributed by atoms with Crippen molar-refractivity contribution in [2.24, 2.45) is 0 Å². The maximum absolute atomic E-state index is 13.1. The summed E-state index contributed by atoms with van der Waals surface area (Å²) in [6.45, 7) is 2.56. The Hall–Kier alpha value is -1.87. The molecule has 1 heterocycles. The summed E-state index contributed by atoms with van der Waals surface area (Å²) >= 11 is 1.57. The van der Waals surface area contributed by atoms with E-state index in [0.29, 0.717) is 6.61 Å². The summed E-state index contributed by atoms with van der Waals surface area (Å²) in [5.74, 6) is 0.670. The SMILES string of the molecule is Cc1cccc(OCc2cc3ccc(F)cc3s2)c1. The Labute approximate surface area is 115 Å². The molecule has 3 aromatic rings. The van der Waals surface area contributed by atoms with Crippen LogP contribution in [-0.2, 0) is 6.61 Å². The fourth-order valence-electron chi connectivity index (χ4n) is 1.99. The maximum Gasteiger partial charge on any atom is 0.124 e. The third kappa shape index (κ3) is 2.76. The van der Waals surface area contributed by atoms with E-state index >= 15 is 0 Å². The number of thiophene rings is 1. The standard InChI is InChI=1S/C16H13FOS/c1-11-3-2-4-14(7-11)18-10-15-8-12-5-6-13(17)9-16(12)19-15/h2-9H,10H2,1H3. The van der Waals surface area contributed by atoms with Crippen molar-refractivity contribution in [2.75, 3.05) is 0 Å². The van der Waals surface area contributed by atoms with Gasteiger partial charge in [0.25, 0.3) is 0 Å². The van der Waals surface area contributed by atoms with Crippen LogP contribution in [0.2, 0.25) is 0 Å². The molecule has 0 saturated carbocycles. The van der Waals surface area contributed by atoms with E-state index in [2.05, 4.69) is 6.07 Å². The molecule has 2 aromatic carbocycles. The topological polar surface area (TPSA) is 9.23 Å². The summed E-state index contributed by atoms with van der Waals surface area (Å²) in [6, 6.07) is 14.9. The van der Waals surface area contributed by atoms with E-state index in [1.54, 1.807) is 23.5 Å². The van der Waals surface area contributed by atoms with Crippen molar-refractivity contribution in [2.45, 2.75) is 13.5 Å². The van der Waals surface area contributed by atoms with Gasteiger partial charge in [-0.3, -0.25) is 0 Å². The van der Waals surface area contributed by atoms with Crippen molar-refractivity contribution in [3.05, 3.63) is 64.8 Å². The maximum atomic E-state index is 13.1. The minimum atomic E-state index is -0.194. The lowest BCUT2D eigenvalue weighted by molar-refractivity contribution is 0.309. The Morgan fingerprint density at radius 2 is 2.00 bits per heavy atom. The molecule has 96 valence electrons. The molecule has 0 aliphatic carbocycles. The summed E-state index contributed by atoms with van der Waals surface area (Å²) in [6.07, 6.45) is 0. The van der Waals surface area contributed by atoms with Gasteiger partial charge < -0.3 is 4.74 Å². The van der Waals surface area contributed by atoms with E-state index in [9.17, 15) is 4.39 Å². The highest BCUT2D eigenvalue weighted by atomic mass is 32.1. The molecular weight excluding hydrogens is 259 g/mol. The van der Waals surface area contributed by atoms with Crippen molar-refractivity contribution in [1.82, 2.24) is 0 Å². The number of halogens is 1. The first-order valence-corrected chi connectivity index (χ1v) is 6.90. The molecule has 0 N–H and O–H groups in total. The van der Waals surface area contributed by atoms with Gasteiger partial charge in [0.2, 0.25) is 0 Å². The molecule has 0 unspecified atom stereocenters. The Morgan fingerprint density at radius 3 is 2.84 bits per heavy atom. The molecule has 1 nitrogen and oxygen atoms in total. The van der Waals surface area contributed by atoms with Gasteiger partial charge in [-0.2, -0.15) is 0 Å². The minimum Gasteiger partial charge on any atom is -0.488 e. The van der Waals surface area contributed by atoms with Gasteiger partial charge in [0.1, 0.15) is 18.2 Å². The van der Waals surface area contributed by atoms with E-state index in [1.807, 2.05) is 31.2 Å². The van der Waals surface area contributed by atoms with E-state index in [4.69, 9.17) is 4.74 Å². The van der Waals surface area contributed by atoms with Gasteiger partial charge in [0.15, 0.2) is 0 Å². The highest BCUT2D eigenvalue weighted by Crippen LogP contribution is 2.27. The van der Waals surface area contributed by atoms with Gasteiger partial charge in [-0.25, -0.2) is 4.39 Å². The zero-order chi connectivity index (χ0) is 13.2. The largest absolute Gasteiger partial charge is 0.488 e. The summed E-state index contributed by atoms with van der Waals surface area (Å²) in [7, 11) is 0. The van der Waals surface area contributed by atoms with Crippen molar-refractivity contribution >= 4 is 21.4 Å². The smallest absolute Gasteiger partial charge is 0.124 e. The Bertz CT molecular complexity index is 718. The third-order valence-corrected chi connectivity index (χ3v) is 3.98. The van der Waals surface area contributed by atoms with Gasteiger partial charge in [-0.1, -0.05) is 18.2 Å². The number of hydrogen-bond donors (Lipinski definition) is 0. The fourth-order valence-corrected chi connectivity index (χ4v) is 2.99. The summed E-state index contributed by atoms with van der Waals surface area (Å²) < 4.78 is 19.8. The first kappa shape index (κ1) is 12.2. The lowest BCUT2D eigenvalue weighted by Crippen LogP contribution is -1.92. The average molecular weight is 272 g/mol. The zero-order valence-corrected chi connectivity index (χ0v) is 11.3. The molecule has 0 aliphatic rings. The molecule has 3 rings (SSSR count). The first-order valence-electron chi connectivity index (χ1n) is 6.08. The van der Waals surface area contributed by atoms with E-state index in [-0.39, 0.29) is 5.82 Å². The van der Waals surface area contributed by atoms with E-state index in [0.717, 1.165) is 20.7 Å². The average Bonchev–Trinajstić information content (AvgIpc) is 2.78.